The van der Waals surface area contributed by atoms with E-state index < -0.39 is 29.0 Å². The molecule has 1 aliphatic heterocycles. The van der Waals surface area contributed by atoms with Gasteiger partial charge in [0.05, 0.1) is 23.1 Å². The molecule has 6 nitrogen and oxygen atoms in total. The topological polar surface area (TPSA) is 74.2 Å². The van der Waals surface area contributed by atoms with Crippen molar-refractivity contribution in [3.8, 4) is 0 Å². The van der Waals surface area contributed by atoms with Crippen molar-refractivity contribution in [2.24, 2.45) is 5.92 Å². The predicted octanol–water partition coefficient (Wildman–Crippen LogP) is 4.48. The van der Waals surface area contributed by atoms with Gasteiger partial charge in [-0.3, -0.25) is 0 Å². The number of fused-ring (bicyclic) bond motifs is 1. The van der Waals surface area contributed by atoms with Crippen LogP contribution in [0.1, 0.15) is 31.2 Å². The molecule has 32 heavy (non-hydrogen) atoms. The Morgan fingerprint density at radius 2 is 1.78 bits per heavy atom. The highest BCUT2D eigenvalue weighted by Crippen LogP contribution is 2.36. The summed E-state index contributed by atoms with van der Waals surface area (Å²) in [6, 6.07) is 5.65. The van der Waals surface area contributed by atoms with Crippen LogP contribution >= 0.6 is 0 Å². The smallest absolute Gasteiger partial charge is 0.384 e. The lowest BCUT2D eigenvalue weighted by Crippen LogP contribution is -2.41. The molecule has 0 unspecified atom stereocenters. The van der Waals surface area contributed by atoms with Crippen LogP contribution in [0, 0.1) is 11.7 Å². The summed E-state index contributed by atoms with van der Waals surface area (Å²) in [7, 11) is 2.05. The Morgan fingerprint density at radius 3 is 2.47 bits per heavy atom. The molecule has 0 amide bonds. The molecule has 10 heteroatoms. The predicted molar refractivity (Wildman–Crippen MR) is 112 cm³/mol. The molecule has 2 N–H and O–H groups in total. The van der Waals surface area contributed by atoms with E-state index >= 15 is 0 Å². The summed E-state index contributed by atoms with van der Waals surface area (Å²) in [5, 5.41) is 14.5. The zero-order valence-electron chi connectivity index (χ0n) is 17.6. The molecule has 1 atom stereocenters. The van der Waals surface area contributed by atoms with E-state index in [1.807, 2.05) is 7.05 Å². The highest BCUT2D eigenvalue weighted by molar-refractivity contribution is 5.81. The van der Waals surface area contributed by atoms with Crippen LogP contribution in [0.25, 0.3) is 10.9 Å². The Bertz CT molecular complexity index is 1130. The molecule has 0 saturated carbocycles. The summed E-state index contributed by atoms with van der Waals surface area (Å²) in [5.41, 5.74) is -1.75. The van der Waals surface area contributed by atoms with Gasteiger partial charge in [-0.05, 0) is 64.0 Å². The van der Waals surface area contributed by atoms with Gasteiger partial charge in [0.15, 0.2) is 5.82 Å². The summed E-state index contributed by atoms with van der Waals surface area (Å²) in [4.78, 5) is 14.0. The van der Waals surface area contributed by atoms with Gasteiger partial charge in [0, 0.05) is 17.6 Å². The first-order valence-electron chi connectivity index (χ1n) is 10.2. The first kappa shape index (κ1) is 22.3. The van der Waals surface area contributed by atoms with E-state index in [0.717, 1.165) is 25.9 Å². The quantitative estimate of drug-likeness (QED) is 0.573. The van der Waals surface area contributed by atoms with Crippen LogP contribution in [0.5, 0.6) is 0 Å². The van der Waals surface area contributed by atoms with Crippen LogP contribution < -0.4 is 5.32 Å². The molecule has 3 aromatic rings. The molecule has 0 bridgehead atoms. The molecule has 1 fully saturated rings. The van der Waals surface area contributed by atoms with E-state index in [0.29, 0.717) is 28.9 Å². The van der Waals surface area contributed by atoms with Crippen molar-refractivity contribution >= 4 is 22.4 Å². The SMILES string of the molecule is CN1CCC([C@](C)(O)c2ccc3cnc(Nc4cc(C(F)(F)F)ncc4F)cc3n2)CC1. The fourth-order valence-electron chi connectivity index (χ4n) is 3.97. The number of anilines is 2. The van der Waals surface area contributed by atoms with E-state index in [2.05, 4.69) is 25.2 Å². The molecule has 4 rings (SSSR count). The van der Waals surface area contributed by atoms with Crippen molar-refractivity contribution in [3.05, 3.63) is 53.9 Å². The lowest BCUT2D eigenvalue weighted by molar-refractivity contribution is -0.141. The van der Waals surface area contributed by atoms with E-state index in [1.54, 1.807) is 19.1 Å². The average molecular weight is 449 g/mol. The second kappa shape index (κ2) is 8.25. The molecule has 4 heterocycles. The van der Waals surface area contributed by atoms with Crippen molar-refractivity contribution in [2.45, 2.75) is 31.5 Å². The highest BCUT2D eigenvalue weighted by Gasteiger charge is 2.37. The van der Waals surface area contributed by atoms with Gasteiger partial charge in [-0.1, -0.05) is 0 Å². The maximum Gasteiger partial charge on any atom is 0.433 e. The second-order valence-electron chi connectivity index (χ2n) is 8.36. The minimum absolute atomic E-state index is 0.0507. The molecular weight excluding hydrogens is 426 g/mol. The van der Waals surface area contributed by atoms with Crippen molar-refractivity contribution in [3.63, 3.8) is 0 Å². The van der Waals surface area contributed by atoms with Crippen LogP contribution in [-0.2, 0) is 11.8 Å². The molecule has 3 aromatic heterocycles. The second-order valence-corrected chi connectivity index (χ2v) is 8.36. The summed E-state index contributed by atoms with van der Waals surface area (Å²) in [6.07, 6.45) is -1.01. The molecule has 1 aliphatic rings. The van der Waals surface area contributed by atoms with Gasteiger partial charge in [-0.2, -0.15) is 13.2 Å². The molecule has 1 saturated heterocycles. The third-order valence-electron chi connectivity index (χ3n) is 6.01. The minimum Gasteiger partial charge on any atom is -0.384 e. The monoisotopic (exact) mass is 449 g/mol. The lowest BCUT2D eigenvalue weighted by atomic mass is 9.79. The van der Waals surface area contributed by atoms with Gasteiger partial charge in [-0.25, -0.2) is 19.3 Å². The number of nitrogens with zero attached hydrogens (tertiary/aromatic N) is 4. The van der Waals surface area contributed by atoms with E-state index in [1.165, 1.54) is 12.3 Å². The van der Waals surface area contributed by atoms with Crippen molar-refractivity contribution in [1.82, 2.24) is 19.9 Å². The minimum atomic E-state index is -4.70. The van der Waals surface area contributed by atoms with E-state index in [9.17, 15) is 22.7 Å². The maximum atomic E-state index is 14.0. The summed E-state index contributed by atoms with van der Waals surface area (Å²) < 4.78 is 52.8. The first-order valence-corrected chi connectivity index (χ1v) is 10.2. The number of piperidine rings is 1. The number of alkyl halides is 3. The van der Waals surface area contributed by atoms with Gasteiger partial charge in [0.25, 0.3) is 0 Å². The Balaban J connectivity index is 1.63. The zero-order chi connectivity index (χ0) is 23.1. The van der Waals surface area contributed by atoms with Gasteiger partial charge in [0.2, 0.25) is 0 Å². The number of hydrogen-bond acceptors (Lipinski definition) is 6. The van der Waals surface area contributed by atoms with E-state index in [-0.39, 0.29) is 11.7 Å². The standard InChI is InChI=1S/C22H23F4N5O/c1-21(32,14-5-7-31(2)8-6-14)18-4-3-13-11-28-20(10-16(13)29-18)30-17-9-19(22(24,25)26)27-12-15(17)23/h3-4,9-12,14,32H,5-8H2,1-2H3,(H,27,28,30)/t21-/m0/s1. The van der Waals surface area contributed by atoms with Gasteiger partial charge < -0.3 is 15.3 Å². The van der Waals surface area contributed by atoms with Crippen LogP contribution in [0.4, 0.5) is 29.1 Å². The Labute approximate surface area is 182 Å². The molecule has 0 aliphatic carbocycles. The average Bonchev–Trinajstić information content (AvgIpc) is 2.74. The van der Waals surface area contributed by atoms with Crippen LogP contribution in [0.15, 0.2) is 36.7 Å². The molecule has 0 spiro atoms. The number of likely N-dealkylation sites (tertiary alicyclic amines) is 1. The Kier molecular flexibility index (Phi) is 5.76. The van der Waals surface area contributed by atoms with Crippen molar-refractivity contribution in [2.75, 3.05) is 25.5 Å². The van der Waals surface area contributed by atoms with Crippen LogP contribution in [-0.4, -0.2) is 45.1 Å². The fraction of sp³-hybridized carbons (Fsp3) is 0.409. The number of hydrogen-bond donors (Lipinski definition) is 2. The summed E-state index contributed by atoms with van der Waals surface area (Å²) in [5.74, 6) is -0.763. The lowest BCUT2D eigenvalue weighted by Gasteiger charge is -2.38. The van der Waals surface area contributed by atoms with Crippen LogP contribution in [0.2, 0.25) is 0 Å². The third-order valence-corrected chi connectivity index (χ3v) is 6.01. The maximum absolute atomic E-state index is 14.0. The number of rotatable bonds is 4. The van der Waals surface area contributed by atoms with E-state index in [4.69, 9.17) is 0 Å². The van der Waals surface area contributed by atoms with Gasteiger partial charge in [0.1, 0.15) is 17.1 Å². The van der Waals surface area contributed by atoms with Crippen molar-refractivity contribution < 1.29 is 22.7 Å². The number of aromatic nitrogens is 3. The van der Waals surface area contributed by atoms with Gasteiger partial charge >= 0.3 is 6.18 Å². The largest absolute Gasteiger partial charge is 0.433 e. The number of halogens is 4. The summed E-state index contributed by atoms with van der Waals surface area (Å²) >= 11 is 0. The fourth-order valence-corrected chi connectivity index (χ4v) is 3.97. The Hall–Kier alpha value is -2.85. The number of nitrogens with one attached hydrogen (secondary N) is 1. The first-order chi connectivity index (χ1) is 15.0. The van der Waals surface area contributed by atoms with Gasteiger partial charge in [-0.15, -0.1) is 0 Å². The molecule has 0 radical (unpaired) electrons. The molecule has 0 aromatic carbocycles. The molecule has 170 valence electrons. The van der Waals surface area contributed by atoms with Crippen LogP contribution in [0.3, 0.4) is 0 Å². The zero-order valence-corrected chi connectivity index (χ0v) is 17.6. The summed E-state index contributed by atoms with van der Waals surface area (Å²) in [6.45, 7) is 3.54. The Morgan fingerprint density at radius 1 is 1.06 bits per heavy atom. The highest BCUT2D eigenvalue weighted by atomic mass is 19.4. The normalized spacial score (nSPS) is 18.0. The number of pyridine rings is 3. The third kappa shape index (κ3) is 4.51. The molecular formula is C22H23F4N5O. The number of aliphatic hydroxyl groups is 1. The van der Waals surface area contributed by atoms with Crippen molar-refractivity contribution in [1.29, 1.82) is 0 Å².